The molecule has 1 aromatic carbocycles. The van der Waals surface area contributed by atoms with Crippen molar-refractivity contribution in [2.24, 2.45) is 5.92 Å². The van der Waals surface area contributed by atoms with Crippen LogP contribution in [0.25, 0.3) is 0 Å². The Kier molecular flexibility index (Phi) is 5.62. The van der Waals surface area contributed by atoms with Crippen LogP contribution in [0, 0.1) is 19.8 Å². The van der Waals surface area contributed by atoms with Crippen LogP contribution in [0.1, 0.15) is 30.4 Å². The lowest BCUT2D eigenvalue weighted by Gasteiger charge is -2.30. The minimum absolute atomic E-state index is 0.195. The number of piperidine rings is 1. The molecule has 116 valence electrons. The van der Waals surface area contributed by atoms with E-state index in [1.165, 1.54) is 11.1 Å². The van der Waals surface area contributed by atoms with E-state index in [1.807, 2.05) is 12.1 Å². The Balaban J connectivity index is 1.70. The van der Waals surface area contributed by atoms with Gasteiger partial charge in [0.1, 0.15) is 5.75 Å². The lowest BCUT2D eigenvalue weighted by molar-refractivity contribution is -0.143. The van der Waals surface area contributed by atoms with E-state index < -0.39 is 5.97 Å². The lowest BCUT2D eigenvalue weighted by Crippen LogP contribution is -2.39. The molecule has 1 aliphatic heterocycles. The van der Waals surface area contributed by atoms with E-state index in [9.17, 15) is 4.79 Å². The van der Waals surface area contributed by atoms with Crippen molar-refractivity contribution >= 4 is 5.97 Å². The van der Waals surface area contributed by atoms with E-state index in [1.54, 1.807) is 0 Å². The quantitative estimate of drug-likeness (QED) is 0.819. The van der Waals surface area contributed by atoms with Gasteiger partial charge in [-0.1, -0.05) is 6.07 Å². The largest absolute Gasteiger partial charge is 0.494 e. The maximum Gasteiger partial charge on any atom is 0.307 e. The molecule has 0 bridgehead atoms. The molecular formula is C17H25NO3. The number of nitrogens with zero attached hydrogens (tertiary/aromatic N) is 1. The van der Waals surface area contributed by atoms with Gasteiger partial charge in [-0.15, -0.1) is 0 Å². The molecule has 0 spiro atoms. The molecule has 21 heavy (non-hydrogen) atoms. The highest BCUT2D eigenvalue weighted by Gasteiger charge is 2.24. The molecule has 4 nitrogen and oxygen atoms in total. The highest BCUT2D eigenvalue weighted by atomic mass is 16.5. The van der Waals surface area contributed by atoms with E-state index >= 15 is 0 Å². The van der Waals surface area contributed by atoms with Crippen LogP contribution in [0.5, 0.6) is 5.75 Å². The van der Waals surface area contributed by atoms with Crippen LogP contribution in [-0.2, 0) is 4.79 Å². The van der Waals surface area contributed by atoms with E-state index in [0.29, 0.717) is 13.2 Å². The van der Waals surface area contributed by atoms with Crippen molar-refractivity contribution in [3.05, 3.63) is 29.3 Å². The topological polar surface area (TPSA) is 49.8 Å². The summed E-state index contributed by atoms with van der Waals surface area (Å²) in [7, 11) is 0. The van der Waals surface area contributed by atoms with Gasteiger partial charge in [-0.25, -0.2) is 0 Å². The summed E-state index contributed by atoms with van der Waals surface area (Å²) < 4.78 is 5.79. The Labute approximate surface area is 126 Å². The Morgan fingerprint density at radius 2 is 2.05 bits per heavy atom. The third kappa shape index (κ3) is 5.05. The molecule has 0 saturated carbocycles. The normalized spacial score (nSPS) is 19.4. The van der Waals surface area contributed by atoms with Crippen molar-refractivity contribution < 1.29 is 14.6 Å². The van der Waals surface area contributed by atoms with Gasteiger partial charge in [0, 0.05) is 13.1 Å². The zero-order valence-electron chi connectivity index (χ0n) is 13.0. The van der Waals surface area contributed by atoms with Gasteiger partial charge < -0.3 is 14.7 Å². The molecule has 0 aromatic heterocycles. The zero-order valence-corrected chi connectivity index (χ0v) is 13.0. The molecule has 4 heteroatoms. The second kappa shape index (κ2) is 7.46. The second-order valence-corrected chi connectivity index (χ2v) is 6.00. The van der Waals surface area contributed by atoms with E-state index in [4.69, 9.17) is 9.84 Å². The van der Waals surface area contributed by atoms with Crippen molar-refractivity contribution in [2.75, 3.05) is 26.2 Å². The number of benzene rings is 1. The van der Waals surface area contributed by atoms with Crippen LogP contribution in [0.2, 0.25) is 0 Å². The smallest absolute Gasteiger partial charge is 0.307 e. The SMILES string of the molecule is Cc1cc(C)cc(OCCCN2CCC[C@@H](C(=O)O)C2)c1. The number of carbonyl (C=O) groups is 1. The Bertz CT molecular complexity index is 467. The first kappa shape index (κ1) is 15.8. The van der Waals surface area contributed by atoms with E-state index in [0.717, 1.165) is 38.1 Å². The molecule has 1 heterocycles. The van der Waals surface area contributed by atoms with Gasteiger partial charge in [-0.2, -0.15) is 0 Å². The predicted molar refractivity (Wildman–Crippen MR) is 82.8 cm³/mol. The summed E-state index contributed by atoms with van der Waals surface area (Å²) in [6.45, 7) is 7.41. The van der Waals surface area contributed by atoms with Crippen molar-refractivity contribution in [1.29, 1.82) is 0 Å². The number of hydrogen-bond donors (Lipinski definition) is 1. The first-order chi connectivity index (χ1) is 10.0. The molecule has 1 aromatic rings. The molecule has 0 amide bonds. The van der Waals surface area contributed by atoms with Gasteiger partial charge in [-0.05, 0) is 62.9 Å². The fourth-order valence-corrected chi connectivity index (χ4v) is 2.95. The molecule has 2 rings (SSSR count). The lowest BCUT2D eigenvalue weighted by atomic mass is 9.98. The zero-order chi connectivity index (χ0) is 15.2. The van der Waals surface area contributed by atoms with Crippen molar-refractivity contribution in [2.45, 2.75) is 33.1 Å². The average molecular weight is 291 g/mol. The molecule has 1 atom stereocenters. The minimum Gasteiger partial charge on any atom is -0.494 e. The summed E-state index contributed by atoms with van der Waals surface area (Å²) >= 11 is 0. The number of likely N-dealkylation sites (tertiary alicyclic amines) is 1. The van der Waals surface area contributed by atoms with Crippen LogP contribution >= 0.6 is 0 Å². The van der Waals surface area contributed by atoms with Crippen molar-refractivity contribution in [1.82, 2.24) is 4.90 Å². The number of ether oxygens (including phenoxy) is 1. The van der Waals surface area contributed by atoms with Gasteiger partial charge in [0.25, 0.3) is 0 Å². The second-order valence-electron chi connectivity index (χ2n) is 6.00. The molecule has 1 fully saturated rings. The summed E-state index contributed by atoms with van der Waals surface area (Å²) in [6.07, 6.45) is 2.72. The van der Waals surface area contributed by atoms with Gasteiger partial charge in [0.05, 0.1) is 12.5 Å². The summed E-state index contributed by atoms with van der Waals surface area (Å²) in [5.41, 5.74) is 2.43. The van der Waals surface area contributed by atoms with Gasteiger partial charge >= 0.3 is 5.97 Å². The third-order valence-corrected chi connectivity index (χ3v) is 3.94. The number of carboxylic acid groups (broad SMARTS) is 1. The molecule has 0 unspecified atom stereocenters. The van der Waals surface area contributed by atoms with Crippen LogP contribution in [0.4, 0.5) is 0 Å². The van der Waals surface area contributed by atoms with Crippen LogP contribution in [0.3, 0.4) is 0 Å². The van der Waals surface area contributed by atoms with Crippen molar-refractivity contribution in [3.8, 4) is 5.75 Å². The number of aliphatic carboxylic acids is 1. The number of aryl methyl sites for hydroxylation is 2. The van der Waals surface area contributed by atoms with Gasteiger partial charge in [0.2, 0.25) is 0 Å². The molecule has 0 aliphatic carbocycles. The minimum atomic E-state index is -0.661. The Hall–Kier alpha value is -1.55. The van der Waals surface area contributed by atoms with Crippen molar-refractivity contribution in [3.63, 3.8) is 0 Å². The number of hydrogen-bond acceptors (Lipinski definition) is 3. The maximum absolute atomic E-state index is 11.0. The van der Waals surface area contributed by atoms with E-state index in [2.05, 4.69) is 24.8 Å². The summed E-state index contributed by atoms with van der Waals surface area (Å²) in [5.74, 6) is 0.0693. The summed E-state index contributed by atoms with van der Waals surface area (Å²) in [5, 5.41) is 9.08. The molecular weight excluding hydrogens is 266 g/mol. The summed E-state index contributed by atoms with van der Waals surface area (Å²) in [4.78, 5) is 13.3. The van der Waals surface area contributed by atoms with Gasteiger partial charge in [0.15, 0.2) is 0 Å². The number of rotatable bonds is 6. The average Bonchev–Trinajstić information content (AvgIpc) is 2.43. The first-order valence-electron chi connectivity index (χ1n) is 7.71. The first-order valence-corrected chi connectivity index (χ1v) is 7.71. The summed E-state index contributed by atoms with van der Waals surface area (Å²) in [6, 6.07) is 6.23. The highest BCUT2D eigenvalue weighted by Crippen LogP contribution is 2.18. The Morgan fingerprint density at radius 1 is 1.33 bits per heavy atom. The fraction of sp³-hybridized carbons (Fsp3) is 0.588. The maximum atomic E-state index is 11.0. The monoisotopic (exact) mass is 291 g/mol. The molecule has 1 aliphatic rings. The van der Waals surface area contributed by atoms with Crippen LogP contribution in [0.15, 0.2) is 18.2 Å². The molecule has 0 radical (unpaired) electrons. The van der Waals surface area contributed by atoms with Crippen LogP contribution in [-0.4, -0.2) is 42.2 Å². The van der Waals surface area contributed by atoms with Gasteiger partial charge in [-0.3, -0.25) is 4.79 Å². The highest BCUT2D eigenvalue weighted by molar-refractivity contribution is 5.70. The predicted octanol–water partition coefficient (Wildman–Crippen LogP) is 2.87. The Morgan fingerprint density at radius 3 is 2.71 bits per heavy atom. The number of carboxylic acids is 1. The molecule has 1 N–H and O–H groups in total. The molecule has 1 saturated heterocycles. The fourth-order valence-electron chi connectivity index (χ4n) is 2.95. The van der Waals surface area contributed by atoms with Crippen LogP contribution < -0.4 is 4.74 Å². The van der Waals surface area contributed by atoms with E-state index in [-0.39, 0.29) is 5.92 Å². The third-order valence-electron chi connectivity index (χ3n) is 3.94. The standard InChI is InChI=1S/C17H25NO3/c1-13-9-14(2)11-16(10-13)21-8-4-7-18-6-3-5-15(12-18)17(19)20/h9-11,15H,3-8,12H2,1-2H3,(H,19,20)/t15-/m1/s1.